The first kappa shape index (κ1) is 11.8. The van der Waals surface area contributed by atoms with E-state index in [0.717, 1.165) is 0 Å². The molecule has 2 atom stereocenters. The highest BCUT2D eigenvalue weighted by molar-refractivity contribution is 5.85. The van der Waals surface area contributed by atoms with E-state index < -0.39 is 0 Å². The Morgan fingerprint density at radius 2 is 2.27 bits per heavy atom. The van der Waals surface area contributed by atoms with Crippen LogP contribution in [0.25, 0.3) is 0 Å². The monoisotopic (exact) mass is 211 g/mol. The fraction of sp³-hybridized carbons (Fsp3) is 0.636. The molecule has 0 radical (unpaired) electrons. The predicted molar refractivity (Wildman–Crippen MR) is 57.4 cm³/mol. The molecule has 0 spiro atoms. The van der Waals surface area contributed by atoms with Gasteiger partial charge in [-0.25, -0.2) is 0 Å². The van der Waals surface area contributed by atoms with Gasteiger partial charge in [-0.2, -0.15) is 0 Å². The van der Waals surface area contributed by atoms with Gasteiger partial charge >= 0.3 is 5.97 Å². The van der Waals surface area contributed by atoms with Crippen LogP contribution < -0.4 is 0 Å². The van der Waals surface area contributed by atoms with Crippen LogP contribution in [-0.4, -0.2) is 25.9 Å². The van der Waals surface area contributed by atoms with E-state index in [-0.39, 0.29) is 23.2 Å². The highest BCUT2D eigenvalue weighted by Crippen LogP contribution is 2.57. The Hall–Kier alpha value is -1.32. The van der Waals surface area contributed by atoms with Crippen LogP contribution in [-0.2, 0) is 14.4 Å². The summed E-state index contributed by atoms with van der Waals surface area (Å²) in [6.07, 6.45) is 3.29. The van der Waals surface area contributed by atoms with Gasteiger partial charge in [-0.3, -0.25) is 4.79 Å². The van der Waals surface area contributed by atoms with Crippen molar-refractivity contribution in [3.63, 3.8) is 0 Å². The van der Waals surface area contributed by atoms with E-state index in [0.29, 0.717) is 6.61 Å². The van der Waals surface area contributed by atoms with Crippen LogP contribution in [0.4, 0.5) is 0 Å². The summed E-state index contributed by atoms with van der Waals surface area (Å²) >= 11 is 0. The van der Waals surface area contributed by atoms with Crippen molar-refractivity contribution in [2.24, 2.45) is 22.4 Å². The zero-order chi connectivity index (χ0) is 11.5. The number of carbonyl (C=O) groups is 1. The van der Waals surface area contributed by atoms with Gasteiger partial charge in [-0.05, 0) is 5.41 Å². The summed E-state index contributed by atoms with van der Waals surface area (Å²) in [6, 6.07) is 0. The van der Waals surface area contributed by atoms with E-state index in [1.54, 1.807) is 12.3 Å². The van der Waals surface area contributed by atoms with Crippen molar-refractivity contribution in [2.75, 3.05) is 13.7 Å². The summed E-state index contributed by atoms with van der Waals surface area (Å²) in [5.41, 5.74) is -0.0753. The van der Waals surface area contributed by atoms with Crippen molar-refractivity contribution >= 4 is 12.2 Å². The molecule has 0 aromatic rings. The minimum Gasteiger partial charge on any atom is -0.469 e. The molecule has 1 aliphatic rings. The Morgan fingerprint density at radius 3 is 2.80 bits per heavy atom. The first-order chi connectivity index (χ1) is 7.05. The molecule has 0 aromatic heterocycles. The summed E-state index contributed by atoms with van der Waals surface area (Å²) in [4.78, 5) is 16.2. The van der Waals surface area contributed by atoms with E-state index in [2.05, 4.69) is 11.7 Å². The third-order valence-corrected chi connectivity index (χ3v) is 2.85. The maximum Gasteiger partial charge on any atom is 0.309 e. The van der Waals surface area contributed by atoms with E-state index in [9.17, 15) is 4.79 Å². The molecule has 1 aliphatic carbocycles. The molecule has 15 heavy (non-hydrogen) atoms. The predicted octanol–water partition coefficient (Wildman–Crippen LogP) is 1.62. The lowest BCUT2D eigenvalue weighted by Gasteiger charge is -1.98. The largest absolute Gasteiger partial charge is 0.469 e. The molecule has 0 amide bonds. The molecule has 1 fully saturated rings. The van der Waals surface area contributed by atoms with E-state index >= 15 is 0 Å². The van der Waals surface area contributed by atoms with Crippen molar-refractivity contribution in [3.8, 4) is 0 Å². The van der Waals surface area contributed by atoms with E-state index in [1.165, 1.54) is 7.11 Å². The van der Waals surface area contributed by atoms with Crippen LogP contribution in [0.15, 0.2) is 17.8 Å². The average molecular weight is 211 g/mol. The number of esters is 1. The number of hydrogen-bond donors (Lipinski definition) is 0. The summed E-state index contributed by atoms with van der Waals surface area (Å²) in [5, 5.41) is 3.78. The Kier molecular flexibility index (Phi) is 3.50. The highest BCUT2D eigenvalue weighted by atomic mass is 16.6. The van der Waals surface area contributed by atoms with Crippen molar-refractivity contribution in [2.45, 2.75) is 13.8 Å². The molecule has 0 N–H and O–H groups in total. The average Bonchev–Trinajstić information content (AvgIpc) is 2.74. The number of methoxy groups -OCH3 is 1. The lowest BCUT2D eigenvalue weighted by molar-refractivity contribution is -0.143. The van der Waals surface area contributed by atoms with Crippen molar-refractivity contribution < 1.29 is 14.4 Å². The number of oxime groups is 1. The lowest BCUT2D eigenvalue weighted by atomic mass is 10.1. The minimum atomic E-state index is -0.180. The van der Waals surface area contributed by atoms with Gasteiger partial charge in [0.15, 0.2) is 0 Å². The Labute approximate surface area is 89.9 Å². The van der Waals surface area contributed by atoms with Crippen molar-refractivity contribution in [1.82, 2.24) is 0 Å². The van der Waals surface area contributed by atoms with Crippen molar-refractivity contribution in [1.29, 1.82) is 0 Å². The van der Waals surface area contributed by atoms with Gasteiger partial charge in [0.1, 0.15) is 6.61 Å². The second kappa shape index (κ2) is 4.47. The number of rotatable bonds is 5. The molecule has 0 bridgehead atoms. The molecule has 84 valence electrons. The maximum atomic E-state index is 11.3. The minimum absolute atomic E-state index is 0.0753. The smallest absolute Gasteiger partial charge is 0.309 e. The lowest BCUT2D eigenvalue weighted by Crippen LogP contribution is -2.07. The second-order valence-electron chi connectivity index (χ2n) is 4.19. The van der Waals surface area contributed by atoms with Crippen molar-refractivity contribution in [3.05, 3.63) is 12.7 Å². The molecule has 0 saturated heterocycles. The van der Waals surface area contributed by atoms with E-state index in [4.69, 9.17) is 9.57 Å². The molecule has 0 aliphatic heterocycles. The van der Waals surface area contributed by atoms with Gasteiger partial charge in [-0.15, -0.1) is 0 Å². The molecule has 0 aromatic carbocycles. The summed E-state index contributed by atoms with van der Waals surface area (Å²) in [6.45, 7) is 7.91. The third-order valence-electron chi connectivity index (χ3n) is 2.85. The molecule has 2 unspecified atom stereocenters. The number of ether oxygens (including phenoxy) is 1. The zero-order valence-electron chi connectivity index (χ0n) is 9.40. The molecular weight excluding hydrogens is 194 g/mol. The zero-order valence-corrected chi connectivity index (χ0v) is 9.40. The molecule has 0 heterocycles. The normalized spacial score (nSPS) is 27.4. The fourth-order valence-corrected chi connectivity index (χ4v) is 1.74. The summed E-state index contributed by atoms with van der Waals surface area (Å²) in [5.74, 6) is -0.173. The van der Waals surface area contributed by atoms with Crippen LogP contribution >= 0.6 is 0 Å². The summed E-state index contributed by atoms with van der Waals surface area (Å²) < 4.78 is 4.71. The van der Waals surface area contributed by atoms with Gasteiger partial charge in [-0.1, -0.05) is 31.7 Å². The number of hydrogen-bond acceptors (Lipinski definition) is 4. The standard InChI is InChI=1S/C11H17NO3/c1-5-6-15-12-7-8-9(10(13)14-4)11(8,2)3/h5,7-9H,1,6H2,2-4H3. The molecule has 4 heteroatoms. The van der Waals surface area contributed by atoms with Crippen LogP contribution in [0.1, 0.15) is 13.8 Å². The van der Waals surface area contributed by atoms with Gasteiger partial charge in [0, 0.05) is 12.1 Å². The topological polar surface area (TPSA) is 47.9 Å². The maximum absolute atomic E-state index is 11.3. The number of nitrogens with zero attached hydrogens (tertiary/aromatic N) is 1. The Morgan fingerprint density at radius 1 is 1.60 bits per heavy atom. The quantitative estimate of drug-likeness (QED) is 0.228. The SMILES string of the molecule is C=CCON=CC1C(C(=O)OC)C1(C)C. The van der Waals surface area contributed by atoms with E-state index in [1.807, 2.05) is 13.8 Å². The molecule has 1 saturated carbocycles. The molecule has 1 rings (SSSR count). The van der Waals surface area contributed by atoms with Gasteiger partial charge in [0.05, 0.1) is 13.0 Å². The Balaban J connectivity index is 2.47. The van der Waals surface area contributed by atoms with Crippen LogP contribution in [0.3, 0.4) is 0 Å². The first-order valence-electron chi connectivity index (χ1n) is 4.90. The fourth-order valence-electron chi connectivity index (χ4n) is 1.74. The first-order valence-corrected chi connectivity index (χ1v) is 4.90. The van der Waals surface area contributed by atoms with Gasteiger partial charge in [0.25, 0.3) is 0 Å². The van der Waals surface area contributed by atoms with Crippen LogP contribution in [0.5, 0.6) is 0 Å². The highest BCUT2D eigenvalue weighted by Gasteiger charge is 2.62. The van der Waals surface area contributed by atoms with Gasteiger partial charge in [0.2, 0.25) is 0 Å². The molecule has 4 nitrogen and oxygen atoms in total. The second-order valence-corrected chi connectivity index (χ2v) is 4.19. The summed E-state index contributed by atoms with van der Waals surface area (Å²) in [7, 11) is 1.40. The van der Waals surface area contributed by atoms with Gasteiger partial charge < -0.3 is 9.57 Å². The number of carbonyl (C=O) groups excluding carboxylic acids is 1. The third kappa shape index (κ3) is 2.37. The van der Waals surface area contributed by atoms with Crippen LogP contribution in [0.2, 0.25) is 0 Å². The Bertz CT molecular complexity index is 284. The molecular formula is C11H17NO3. The van der Waals surface area contributed by atoms with Crippen LogP contribution in [0, 0.1) is 17.3 Å².